The molecule has 0 aromatic carbocycles. The molecule has 17 nitrogen and oxygen atoms in total. The van der Waals surface area contributed by atoms with Crippen molar-refractivity contribution < 1.29 is 80.2 Å². The fraction of sp³-hybridized carbons (Fsp3) is 0.678. The third-order valence-electron chi connectivity index (χ3n) is 16.8. The Labute approximate surface area is 643 Å². The van der Waals surface area contributed by atoms with Gasteiger partial charge >= 0.3 is 39.5 Å². The van der Waals surface area contributed by atoms with Crippen molar-refractivity contribution in [3.05, 3.63) is 146 Å². The number of ether oxygens (including phenoxy) is 4. The quantitative estimate of drug-likeness (QED) is 0.0169. The molecule has 0 heterocycles. The zero-order chi connectivity index (χ0) is 77.4. The summed E-state index contributed by atoms with van der Waals surface area (Å²) in [4.78, 5) is 73.2. The maximum Gasteiger partial charge on any atom is 0.472 e. The molecule has 0 saturated carbocycles. The number of aliphatic hydroxyl groups excluding tert-OH is 1. The number of hydrogen-bond donors (Lipinski definition) is 3. The van der Waals surface area contributed by atoms with E-state index < -0.39 is 97.5 Å². The van der Waals surface area contributed by atoms with Crippen LogP contribution in [0.15, 0.2) is 146 Å². The van der Waals surface area contributed by atoms with Gasteiger partial charge in [0.15, 0.2) is 12.2 Å². The van der Waals surface area contributed by atoms with E-state index in [2.05, 4.69) is 174 Å². The molecule has 0 amide bonds. The van der Waals surface area contributed by atoms with E-state index in [0.29, 0.717) is 25.7 Å². The predicted molar refractivity (Wildman–Crippen MR) is 436 cm³/mol. The third-order valence-corrected chi connectivity index (χ3v) is 18.7. The molecule has 0 aliphatic heterocycles. The Morgan fingerprint density at radius 3 is 0.755 bits per heavy atom. The van der Waals surface area contributed by atoms with Crippen LogP contribution in [0.4, 0.5) is 0 Å². The Kier molecular flexibility index (Phi) is 74.3. The normalized spacial score (nSPS) is 14.6. The first-order chi connectivity index (χ1) is 51.7. The Hall–Kier alpha value is -5.06. The topological polar surface area (TPSA) is 237 Å². The number of hydrogen-bond acceptors (Lipinski definition) is 15. The molecule has 3 N–H and O–H groups in total. The predicted octanol–water partition coefficient (Wildman–Crippen LogP) is 24.2. The highest BCUT2D eigenvalue weighted by molar-refractivity contribution is 7.47. The van der Waals surface area contributed by atoms with Crippen molar-refractivity contribution in [1.82, 2.24) is 0 Å². The summed E-state index contributed by atoms with van der Waals surface area (Å²) in [5.41, 5.74) is 0. The number of phosphoric ester groups is 2. The lowest BCUT2D eigenvalue weighted by molar-refractivity contribution is -0.161. The van der Waals surface area contributed by atoms with Crippen LogP contribution in [-0.4, -0.2) is 96.7 Å². The van der Waals surface area contributed by atoms with E-state index in [1.807, 2.05) is 0 Å². The van der Waals surface area contributed by atoms with Gasteiger partial charge in [0.2, 0.25) is 0 Å². The van der Waals surface area contributed by atoms with Crippen molar-refractivity contribution in [1.29, 1.82) is 0 Å². The molecule has 0 aliphatic rings. The van der Waals surface area contributed by atoms with E-state index in [1.54, 1.807) is 0 Å². The molecule has 606 valence electrons. The number of carbonyl (C=O) groups is 4. The van der Waals surface area contributed by atoms with Crippen LogP contribution >= 0.6 is 15.6 Å². The molecule has 0 aliphatic carbocycles. The highest BCUT2D eigenvalue weighted by Crippen LogP contribution is 2.45. The summed E-state index contributed by atoms with van der Waals surface area (Å²) in [5, 5.41) is 10.7. The molecule has 0 aromatic heterocycles. The molecule has 106 heavy (non-hydrogen) atoms. The van der Waals surface area contributed by atoms with Crippen molar-refractivity contribution in [2.24, 2.45) is 0 Å². The van der Waals surface area contributed by atoms with Crippen molar-refractivity contribution in [2.45, 2.75) is 341 Å². The van der Waals surface area contributed by atoms with Crippen molar-refractivity contribution >= 4 is 39.5 Å². The van der Waals surface area contributed by atoms with E-state index in [0.717, 1.165) is 225 Å². The van der Waals surface area contributed by atoms with Crippen LogP contribution in [0.1, 0.15) is 323 Å². The van der Waals surface area contributed by atoms with Crippen LogP contribution in [0.25, 0.3) is 0 Å². The first-order valence-corrected chi connectivity index (χ1v) is 44.1. The van der Waals surface area contributed by atoms with Gasteiger partial charge in [-0.2, -0.15) is 0 Å². The van der Waals surface area contributed by atoms with Crippen molar-refractivity contribution in [3.63, 3.8) is 0 Å². The summed E-state index contributed by atoms with van der Waals surface area (Å²) in [7, 11) is -9.99. The molecular weight excluding hydrogens is 1380 g/mol. The van der Waals surface area contributed by atoms with Crippen LogP contribution in [0, 0.1) is 0 Å². The van der Waals surface area contributed by atoms with Gasteiger partial charge in [-0.05, 0) is 161 Å². The molecule has 0 bridgehead atoms. The van der Waals surface area contributed by atoms with Gasteiger partial charge < -0.3 is 33.8 Å². The van der Waals surface area contributed by atoms with Gasteiger partial charge in [0.25, 0.3) is 0 Å². The molecule has 19 heteroatoms. The maximum absolute atomic E-state index is 13.1. The fourth-order valence-electron chi connectivity index (χ4n) is 10.6. The Morgan fingerprint density at radius 2 is 0.491 bits per heavy atom. The number of rotatable bonds is 76. The Balaban J connectivity index is 5.42. The summed E-state index contributed by atoms with van der Waals surface area (Å²) >= 11 is 0. The van der Waals surface area contributed by atoms with Crippen LogP contribution in [0.3, 0.4) is 0 Å². The van der Waals surface area contributed by atoms with Crippen molar-refractivity contribution in [2.75, 3.05) is 39.6 Å². The summed E-state index contributed by atoms with van der Waals surface area (Å²) in [5.74, 6) is -2.24. The minimum atomic E-state index is -4.99. The minimum absolute atomic E-state index is 0.0731. The largest absolute Gasteiger partial charge is 0.472 e. The van der Waals surface area contributed by atoms with Gasteiger partial charge in [-0.3, -0.25) is 37.3 Å². The second-order valence-corrected chi connectivity index (χ2v) is 29.8. The molecule has 0 saturated heterocycles. The standard InChI is InChI=1S/C87H146O17P2/c1-5-9-13-17-21-25-29-33-37-40-44-47-51-55-59-63-67-71-84(89)97-77-82(103-86(91)73-69-65-61-57-53-49-43-36-32-28-24-20-16-12-8-4)79-101-105(93,94)99-75-81(88)76-100-106(95,96)102-80-83(104-87(92)74-70-66-62-58-54-50-46-42-39-35-31-27-23-19-15-11-7-3)78-98-85(90)72-68-64-60-56-52-48-45-41-38-34-30-26-22-18-14-10-6-2/h9-11,13-15,21-28,33-39,43,45,48,81-83,88H,5-8,12,16-20,29-32,40-42,44,46-47,49-80H2,1-4H3,(H,93,94)(H,95,96)/b13-9-,14-10-,15-11-,25-21-,26-22-,27-23-,28-24-,37-33-,38-34-,39-35-,43-36-,48-45-. The fourth-order valence-corrected chi connectivity index (χ4v) is 12.2. The second kappa shape index (κ2) is 78.1. The molecule has 0 spiro atoms. The van der Waals surface area contributed by atoms with Crippen LogP contribution in [0.2, 0.25) is 0 Å². The minimum Gasteiger partial charge on any atom is -0.462 e. The average Bonchev–Trinajstić information content (AvgIpc) is 0.902. The highest BCUT2D eigenvalue weighted by atomic mass is 31.2. The lowest BCUT2D eigenvalue weighted by atomic mass is 10.1. The van der Waals surface area contributed by atoms with Crippen molar-refractivity contribution in [3.8, 4) is 0 Å². The summed E-state index contributed by atoms with van der Waals surface area (Å²) in [6.45, 7) is 4.47. The van der Waals surface area contributed by atoms with Gasteiger partial charge in [-0.1, -0.05) is 283 Å². The first-order valence-electron chi connectivity index (χ1n) is 41.1. The number of phosphoric acid groups is 2. The Bertz CT molecular complexity index is 2580. The van der Waals surface area contributed by atoms with E-state index >= 15 is 0 Å². The summed E-state index contributed by atoms with van der Waals surface area (Å²) in [6.07, 6.45) is 89.5. The van der Waals surface area contributed by atoms with Gasteiger partial charge in [0.1, 0.15) is 19.3 Å². The summed E-state index contributed by atoms with van der Waals surface area (Å²) in [6, 6.07) is 0. The van der Waals surface area contributed by atoms with E-state index in [4.69, 9.17) is 37.0 Å². The molecule has 5 atom stereocenters. The third kappa shape index (κ3) is 77.1. The van der Waals surface area contributed by atoms with E-state index in [1.165, 1.54) is 19.3 Å². The number of aliphatic hydroxyl groups is 1. The highest BCUT2D eigenvalue weighted by Gasteiger charge is 2.30. The van der Waals surface area contributed by atoms with Crippen LogP contribution < -0.4 is 0 Å². The maximum atomic E-state index is 13.1. The lowest BCUT2D eigenvalue weighted by Crippen LogP contribution is -2.30. The van der Waals surface area contributed by atoms with E-state index in [-0.39, 0.29) is 25.7 Å². The number of allylic oxidation sites excluding steroid dienone is 24. The van der Waals surface area contributed by atoms with Gasteiger partial charge in [0.05, 0.1) is 26.4 Å². The van der Waals surface area contributed by atoms with Crippen LogP contribution in [-0.2, 0) is 65.4 Å². The number of carbonyl (C=O) groups excluding carboxylic acids is 4. The molecule has 0 fully saturated rings. The molecule has 0 aromatic rings. The molecule has 0 rings (SSSR count). The van der Waals surface area contributed by atoms with Gasteiger partial charge in [0, 0.05) is 25.7 Å². The number of esters is 4. The van der Waals surface area contributed by atoms with Gasteiger partial charge in [-0.25, -0.2) is 9.13 Å². The Morgan fingerprint density at radius 1 is 0.274 bits per heavy atom. The van der Waals surface area contributed by atoms with Gasteiger partial charge in [-0.15, -0.1) is 0 Å². The second-order valence-electron chi connectivity index (χ2n) is 26.9. The smallest absolute Gasteiger partial charge is 0.462 e. The molecule has 0 radical (unpaired) electrons. The zero-order valence-electron chi connectivity index (χ0n) is 66.3. The average molecular weight is 1530 g/mol. The zero-order valence-corrected chi connectivity index (χ0v) is 68.1. The summed E-state index contributed by atoms with van der Waals surface area (Å²) < 4.78 is 68.7. The van der Waals surface area contributed by atoms with Crippen LogP contribution in [0.5, 0.6) is 0 Å². The van der Waals surface area contributed by atoms with E-state index in [9.17, 15) is 43.2 Å². The lowest BCUT2D eigenvalue weighted by Gasteiger charge is -2.21. The molecular formula is C87H146O17P2. The SMILES string of the molecule is CC/C=C\C/C=C\C/C=C\C/C=C\CCCCCCC(=O)OCC(COP(=O)(O)OCC(O)COP(=O)(O)OCC(COC(=O)CCCCCCCCC/C=C\C/C=C\C/C=C\CC)OC(=O)CCCCCCC/C=C\C/C=C\CCCCC)OC(=O)CCCCCCCCC/C=C\C/C=C\C/C=C\CC. The monoisotopic (exact) mass is 1530 g/mol. The first kappa shape index (κ1) is 101. The molecule has 5 unspecified atom stereocenters. The number of unbranched alkanes of at least 4 members (excludes halogenated alkanes) is 26.